The Labute approximate surface area is 132 Å². The SMILES string of the molecule is C/C=C/COc1ccc(-c2ccc(OC/C=C/C)cc2)cc1. The average Bonchev–Trinajstić information content (AvgIpc) is 2.57. The molecule has 0 radical (unpaired) electrons. The van der Waals surface area contributed by atoms with Crippen LogP contribution in [-0.4, -0.2) is 13.2 Å². The van der Waals surface area contributed by atoms with Gasteiger partial charge in [-0.1, -0.05) is 48.6 Å². The summed E-state index contributed by atoms with van der Waals surface area (Å²) in [6.45, 7) is 5.18. The Kier molecular flexibility index (Phi) is 6.31. The van der Waals surface area contributed by atoms with Gasteiger partial charge >= 0.3 is 0 Å². The van der Waals surface area contributed by atoms with E-state index in [1.54, 1.807) is 0 Å². The highest BCUT2D eigenvalue weighted by molar-refractivity contribution is 5.64. The van der Waals surface area contributed by atoms with Crippen molar-refractivity contribution in [2.75, 3.05) is 13.2 Å². The van der Waals surface area contributed by atoms with E-state index in [9.17, 15) is 0 Å². The second kappa shape index (κ2) is 8.73. The summed E-state index contributed by atoms with van der Waals surface area (Å²) in [5.74, 6) is 1.77. The van der Waals surface area contributed by atoms with Gasteiger partial charge in [0, 0.05) is 0 Å². The van der Waals surface area contributed by atoms with E-state index in [-0.39, 0.29) is 0 Å². The Morgan fingerprint density at radius 3 is 1.32 bits per heavy atom. The molecule has 2 rings (SSSR count). The Morgan fingerprint density at radius 1 is 0.636 bits per heavy atom. The molecule has 0 bridgehead atoms. The Balaban J connectivity index is 1.99. The van der Waals surface area contributed by atoms with Crippen LogP contribution in [-0.2, 0) is 0 Å². The summed E-state index contributed by atoms with van der Waals surface area (Å²) >= 11 is 0. The molecule has 22 heavy (non-hydrogen) atoms. The summed E-state index contributed by atoms with van der Waals surface area (Å²) < 4.78 is 11.2. The summed E-state index contributed by atoms with van der Waals surface area (Å²) in [7, 11) is 0. The normalized spacial score (nSPS) is 11.2. The molecule has 0 spiro atoms. The zero-order valence-corrected chi connectivity index (χ0v) is 13.2. The van der Waals surface area contributed by atoms with Gasteiger partial charge < -0.3 is 9.47 Å². The summed E-state index contributed by atoms with van der Waals surface area (Å²) in [5, 5.41) is 0. The molecule has 0 atom stereocenters. The van der Waals surface area contributed by atoms with Gasteiger partial charge in [-0.2, -0.15) is 0 Å². The standard InChI is InChI=1S/C20H22O2/c1-3-5-15-21-19-11-7-17(8-12-19)18-9-13-20(14-10-18)22-16-6-4-2/h3-14H,15-16H2,1-2H3/b5-3+,6-4+. The van der Waals surface area contributed by atoms with Crippen LogP contribution in [0.2, 0.25) is 0 Å². The fraction of sp³-hybridized carbons (Fsp3) is 0.200. The van der Waals surface area contributed by atoms with Crippen molar-refractivity contribution < 1.29 is 9.47 Å². The molecular weight excluding hydrogens is 272 g/mol. The Hall–Kier alpha value is -2.48. The van der Waals surface area contributed by atoms with Crippen LogP contribution in [0.1, 0.15) is 13.8 Å². The molecule has 0 aliphatic heterocycles. The lowest BCUT2D eigenvalue weighted by Gasteiger charge is -2.07. The van der Waals surface area contributed by atoms with E-state index in [1.807, 2.05) is 62.4 Å². The van der Waals surface area contributed by atoms with Crippen molar-refractivity contribution >= 4 is 0 Å². The molecule has 2 aromatic rings. The second-order valence-electron chi connectivity index (χ2n) is 4.81. The molecule has 0 aliphatic rings. The van der Waals surface area contributed by atoms with Crippen molar-refractivity contribution in [2.45, 2.75) is 13.8 Å². The average molecular weight is 294 g/mol. The van der Waals surface area contributed by atoms with Crippen LogP contribution >= 0.6 is 0 Å². The zero-order valence-electron chi connectivity index (χ0n) is 13.2. The smallest absolute Gasteiger partial charge is 0.119 e. The fourth-order valence-electron chi connectivity index (χ4n) is 1.97. The Bertz CT molecular complexity index is 550. The van der Waals surface area contributed by atoms with Gasteiger partial charge in [0.25, 0.3) is 0 Å². The lowest BCUT2D eigenvalue weighted by atomic mass is 10.1. The van der Waals surface area contributed by atoms with Crippen molar-refractivity contribution in [1.82, 2.24) is 0 Å². The van der Waals surface area contributed by atoms with Crippen molar-refractivity contribution in [1.29, 1.82) is 0 Å². The number of hydrogen-bond acceptors (Lipinski definition) is 2. The first-order valence-electron chi connectivity index (χ1n) is 7.52. The van der Waals surface area contributed by atoms with Crippen molar-refractivity contribution in [2.24, 2.45) is 0 Å². The number of rotatable bonds is 7. The molecular formula is C20H22O2. The van der Waals surface area contributed by atoms with Crippen LogP contribution in [0, 0.1) is 0 Å². The third-order valence-electron chi connectivity index (χ3n) is 3.21. The summed E-state index contributed by atoms with van der Waals surface area (Å²) in [4.78, 5) is 0. The van der Waals surface area contributed by atoms with E-state index < -0.39 is 0 Å². The first-order valence-corrected chi connectivity index (χ1v) is 7.52. The van der Waals surface area contributed by atoms with Crippen LogP contribution in [0.5, 0.6) is 11.5 Å². The first kappa shape index (κ1) is 15.9. The molecule has 0 saturated heterocycles. The van der Waals surface area contributed by atoms with Gasteiger partial charge in [-0.3, -0.25) is 0 Å². The van der Waals surface area contributed by atoms with E-state index >= 15 is 0 Å². The summed E-state index contributed by atoms with van der Waals surface area (Å²) in [5.41, 5.74) is 2.33. The van der Waals surface area contributed by atoms with Crippen molar-refractivity contribution in [3.05, 3.63) is 72.8 Å². The Morgan fingerprint density at radius 2 is 1.00 bits per heavy atom. The maximum atomic E-state index is 5.60. The van der Waals surface area contributed by atoms with Crippen LogP contribution < -0.4 is 9.47 Å². The molecule has 0 fully saturated rings. The van der Waals surface area contributed by atoms with Gasteiger partial charge in [0.15, 0.2) is 0 Å². The second-order valence-corrected chi connectivity index (χ2v) is 4.81. The molecule has 0 saturated carbocycles. The predicted octanol–water partition coefficient (Wildman–Crippen LogP) is 5.26. The van der Waals surface area contributed by atoms with Crippen LogP contribution in [0.15, 0.2) is 72.8 Å². The van der Waals surface area contributed by atoms with Crippen molar-refractivity contribution in [3.8, 4) is 22.6 Å². The van der Waals surface area contributed by atoms with E-state index in [4.69, 9.17) is 9.47 Å². The molecule has 0 aliphatic carbocycles. The quantitative estimate of drug-likeness (QED) is 0.648. The predicted molar refractivity (Wildman–Crippen MR) is 92.5 cm³/mol. The molecule has 0 unspecified atom stereocenters. The highest BCUT2D eigenvalue weighted by Crippen LogP contribution is 2.24. The van der Waals surface area contributed by atoms with Gasteiger partial charge in [0.05, 0.1) is 0 Å². The molecule has 2 nitrogen and oxygen atoms in total. The highest BCUT2D eigenvalue weighted by atomic mass is 16.5. The molecule has 114 valence electrons. The maximum absolute atomic E-state index is 5.60. The molecule has 0 aromatic heterocycles. The number of benzene rings is 2. The van der Waals surface area contributed by atoms with Crippen LogP contribution in [0.3, 0.4) is 0 Å². The lowest BCUT2D eigenvalue weighted by Crippen LogP contribution is -1.93. The fourth-order valence-corrected chi connectivity index (χ4v) is 1.97. The van der Waals surface area contributed by atoms with Gasteiger partial charge in [-0.15, -0.1) is 0 Å². The van der Waals surface area contributed by atoms with E-state index in [0.29, 0.717) is 13.2 Å². The van der Waals surface area contributed by atoms with Gasteiger partial charge in [-0.25, -0.2) is 0 Å². The third-order valence-corrected chi connectivity index (χ3v) is 3.21. The lowest BCUT2D eigenvalue weighted by molar-refractivity contribution is 0.362. The molecule has 0 amide bonds. The summed E-state index contributed by atoms with van der Waals surface area (Å²) in [6, 6.07) is 16.3. The summed E-state index contributed by atoms with van der Waals surface area (Å²) in [6.07, 6.45) is 7.93. The highest BCUT2D eigenvalue weighted by Gasteiger charge is 1.99. The van der Waals surface area contributed by atoms with Gasteiger partial charge in [-0.05, 0) is 49.2 Å². The van der Waals surface area contributed by atoms with Crippen LogP contribution in [0.4, 0.5) is 0 Å². The molecule has 0 heterocycles. The first-order chi connectivity index (χ1) is 10.8. The minimum atomic E-state index is 0.605. The molecule has 2 aromatic carbocycles. The topological polar surface area (TPSA) is 18.5 Å². The van der Waals surface area contributed by atoms with Crippen LogP contribution in [0.25, 0.3) is 11.1 Å². The molecule has 0 N–H and O–H groups in total. The molecule has 2 heteroatoms. The monoisotopic (exact) mass is 294 g/mol. The number of hydrogen-bond donors (Lipinski definition) is 0. The largest absolute Gasteiger partial charge is 0.490 e. The van der Waals surface area contributed by atoms with Gasteiger partial charge in [0.1, 0.15) is 24.7 Å². The zero-order chi connectivity index (χ0) is 15.6. The van der Waals surface area contributed by atoms with Crippen molar-refractivity contribution in [3.63, 3.8) is 0 Å². The number of allylic oxidation sites excluding steroid dienone is 2. The van der Waals surface area contributed by atoms with E-state index in [1.165, 1.54) is 11.1 Å². The minimum absolute atomic E-state index is 0.605. The third kappa shape index (κ3) is 4.81. The minimum Gasteiger partial charge on any atom is -0.490 e. The number of ether oxygens (including phenoxy) is 2. The van der Waals surface area contributed by atoms with Gasteiger partial charge in [0.2, 0.25) is 0 Å². The maximum Gasteiger partial charge on any atom is 0.119 e. The van der Waals surface area contributed by atoms with E-state index in [2.05, 4.69) is 24.3 Å². The van der Waals surface area contributed by atoms with E-state index in [0.717, 1.165) is 11.5 Å².